The van der Waals surface area contributed by atoms with E-state index in [1.807, 2.05) is 11.8 Å². The minimum atomic E-state index is 0.271. The van der Waals surface area contributed by atoms with Crippen LogP contribution in [0.5, 0.6) is 0 Å². The first kappa shape index (κ1) is 15.6. The van der Waals surface area contributed by atoms with Gasteiger partial charge < -0.3 is 0 Å². The molecule has 0 fully saturated rings. The highest BCUT2D eigenvalue weighted by molar-refractivity contribution is 7.98. The molecule has 0 aliphatic rings. The Morgan fingerprint density at radius 2 is 1.56 bits per heavy atom. The standard InChI is InChI=1S/C17H28S/c1-16(2,3)17(4,13-9-10-14-18-5)15-11-7-6-8-12-15/h6-8,11-12H,9-10,13-14H2,1-5H3/t17-/m1/s1. The average molecular weight is 264 g/mol. The quantitative estimate of drug-likeness (QED) is 0.609. The third-order valence-electron chi connectivity index (χ3n) is 4.34. The molecule has 0 nitrogen and oxygen atoms in total. The van der Waals surface area contributed by atoms with E-state index in [9.17, 15) is 0 Å². The number of rotatable bonds is 6. The molecule has 1 aromatic rings. The van der Waals surface area contributed by atoms with Gasteiger partial charge in [0.1, 0.15) is 0 Å². The summed E-state index contributed by atoms with van der Waals surface area (Å²) in [4.78, 5) is 0. The van der Waals surface area contributed by atoms with Crippen LogP contribution < -0.4 is 0 Å². The third-order valence-corrected chi connectivity index (χ3v) is 5.04. The lowest BCUT2D eigenvalue weighted by Crippen LogP contribution is -2.37. The summed E-state index contributed by atoms with van der Waals surface area (Å²) in [6, 6.07) is 11.0. The predicted molar refractivity (Wildman–Crippen MR) is 85.5 cm³/mol. The second kappa shape index (κ2) is 6.65. The van der Waals surface area contributed by atoms with Gasteiger partial charge in [-0.1, -0.05) is 64.4 Å². The number of benzene rings is 1. The summed E-state index contributed by atoms with van der Waals surface area (Å²) in [7, 11) is 0. The fraction of sp³-hybridized carbons (Fsp3) is 0.647. The Bertz CT molecular complexity index is 336. The molecule has 1 atom stereocenters. The second-order valence-corrected chi connectivity index (χ2v) is 7.38. The molecule has 1 rings (SSSR count). The summed E-state index contributed by atoms with van der Waals surface area (Å²) in [6.45, 7) is 9.54. The van der Waals surface area contributed by atoms with Crippen LogP contribution in [0.4, 0.5) is 0 Å². The molecule has 1 aromatic carbocycles. The predicted octanol–water partition coefficient (Wildman–Crippen LogP) is 5.52. The van der Waals surface area contributed by atoms with Gasteiger partial charge in [-0.3, -0.25) is 0 Å². The van der Waals surface area contributed by atoms with Crippen molar-refractivity contribution < 1.29 is 0 Å². The van der Waals surface area contributed by atoms with E-state index in [0.717, 1.165) is 0 Å². The van der Waals surface area contributed by atoms with Gasteiger partial charge in [-0.2, -0.15) is 11.8 Å². The van der Waals surface area contributed by atoms with Crippen molar-refractivity contribution >= 4 is 11.8 Å². The van der Waals surface area contributed by atoms with Gasteiger partial charge in [-0.15, -0.1) is 0 Å². The van der Waals surface area contributed by atoms with Crippen molar-refractivity contribution in [3.8, 4) is 0 Å². The highest BCUT2D eigenvalue weighted by Crippen LogP contribution is 2.44. The van der Waals surface area contributed by atoms with Crippen molar-refractivity contribution in [2.45, 2.75) is 52.4 Å². The van der Waals surface area contributed by atoms with Gasteiger partial charge in [0.25, 0.3) is 0 Å². The number of hydrogen-bond donors (Lipinski definition) is 0. The topological polar surface area (TPSA) is 0 Å². The molecule has 0 radical (unpaired) electrons. The first-order chi connectivity index (χ1) is 8.42. The zero-order chi connectivity index (χ0) is 13.6. The molecule has 0 spiro atoms. The van der Waals surface area contributed by atoms with Crippen LogP contribution in [0.2, 0.25) is 0 Å². The fourth-order valence-corrected chi connectivity index (χ4v) is 2.98. The lowest BCUT2D eigenvalue weighted by molar-refractivity contribution is 0.185. The van der Waals surface area contributed by atoms with Crippen LogP contribution >= 0.6 is 11.8 Å². The molecule has 0 heterocycles. The molecule has 0 aliphatic carbocycles. The summed E-state index contributed by atoms with van der Waals surface area (Å²) < 4.78 is 0. The van der Waals surface area contributed by atoms with Gasteiger partial charge in [0, 0.05) is 0 Å². The summed E-state index contributed by atoms with van der Waals surface area (Å²) in [6.07, 6.45) is 6.13. The summed E-state index contributed by atoms with van der Waals surface area (Å²) in [5, 5.41) is 0. The maximum absolute atomic E-state index is 2.43. The molecule has 0 unspecified atom stereocenters. The zero-order valence-corrected chi connectivity index (χ0v) is 13.4. The number of hydrogen-bond acceptors (Lipinski definition) is 1. The van der Waals surface area contributed by atoms with Crippen molar-refractivity contribution in [3.63, 3.8) is 0 Å². The van der Waals surface area contributed by atoms with E-state index in [4.69, 9.17) is 0 Å². The SMILES string of the molecule is CSCCCC[C@](C)(c1ccccc1)C(C)(C)C. The molecular weight excluding hydrogens is 236 g/mol. The number of thioether (sulfide) groups is 1. The van der Waals surface area contributed by atoms with Gasteiger partial charge in [0.2, 0.25) is 0 Å². The highest BCUT2D eigenvalue weighted by Gasteiger charge is 2.38. The van der Waals surface area contributed by atoms with Crippen molar-refractivity contribution in [1.82, 2.24) is 0 Å². The molecule has 1 heteroatoms. The fourth-order valence-electron chi connectivity index (χ4n) is 2.48. The summed E-state index contributed by atoms with van der Waals surface area (Å²) in [5.74, 6) is 1.29. The van der Waals surface area contributed by atoms with E-state index < -0.39 is 0 Å². The minimum absolute atomic E-state index is 0.271. The third kappa shape index (κ3) is 3.78. The Morgan fingerprint density at radius 3 is 2.06 bits per heavy atom. The molecule has 0 aliphatic heterocycles. The molecule has 0 aromatic heterocycles. The summed E-state index contributed by atoms with van der Waals surface area (Å²) >= 11 is 1.96. The molecule has 102 valence electrons. The lowest BCUT2D eigenvalue weighted by Gasteiger charge is -2.43. The molecule has 0 amide bonds. The van der Waals surface area contributed by atoms with Crippen LogP contribution in [0.3, 0.4) is 0 Å². The maximum atomic E-state index is 2.43. The van der Waals surface area contributed by atoms with Crippen LogP contribution in [0, 0.1) is 5.41 Å². The Morgan fingerprint density at radius 1 is 0.944 bits per heavy atom. The molecule has 18 heavy (non-hydrogen) atoms. The molecule has 0 saturated carbocycles. The van der Waals surface area contributed by atoms with Crippen LogP contribution in [0.1, 0.15) is 52.5 Å². The Labute approximate surface area is 118 Å². The van der Waals surface area contributed by atoms with Crippen LogP contribution in [0.15, 0.2) is 30.3 Å². The van der Waals surface area contributed by atoms with E-state index in [-0.39, 0.29) is 5.41 Å². The second-order valence-electron chi connectivity index (χ2n) is 6.40. The average Bonchev–Trinajstić information content (AvgIpc) is 2.34. The normalized spacial score (nSPS) is 15.4. The maximum Gasteiger partial charge on any atom is -0.00268 e. The van der Waals surface area contributed by atoms with Gasteiger partial charge >= 0.3 is 0 Å². The summed E-state index contributed by atoms with van der Waals surface area (Å²) in [5.41, 5.74) is 2.06. The van der Waals surface area contributed by atoms with E-state index in [0.29, 0.717) is 5.41 Å². The molecular formula is C17H28S. The van der Waals surface area contributed by atoms with Gasteiger partial charge in [0.15, 0.2) is 0 Å². The smallest absolute Gasteiger partial charge is 0.00268 e. The number of unbranched alkanes of at least 4 members (excludes halogenated alkanes) is 1. The van der Waals surface area contributed by atoms with Crippen LogP contribution in [-0.2, 0) is 5.41 Å². The first-order valence-corrected chi connectivity index (χ1v) is 8.36. The van der Waals surface area contributed by atoms with E-state index >= 15 is 0 Å². The lowest BCUT2D eigenvalue weighted by atomic mass is 9.61. The van der Waals surface area contributed by atoms with Crippen molar-refractivity contribution in [2.75, 3.05) is 12.0 Å². The highest BCUT2D eigenvalue weighted by atomic mass is 32.2. The Balaban J connectivity index is 2.84. The van der Waals surface area contributed by atoms with Crippen molar-refractivity contribution in [1.29, 1.82) is 0 Å². The van der Waals surface area contributed by atoms with Crippen LogP contribution in [-0.4, -0.2) is 12.0 Å². The molecule has 0 bridgehead atoms. The largest absolute Gasteiger partial charge is 0.165 e. The monoisotopic (exact) mass is 264 g/mol. The van der Waals surface area contributed by atoms with Gasteiger partial charge in [0.05, 0.1) is 0 Å². The van der Waals surface area contributed by atoms with E-state index in [1.54, 1.807) is 0 Å². The molecule has 0 saturated heterocycles. The zero-order valence-electron chi connectivity index (χ0n) is 12.6. The van der Waals surface area contributed by atoms with Gasteiger partial charge in [-0.05, 0) is 41.2 Å². The first-order valence-electron chi connectivity index (χ1n) is 6.96. The minimum Gasteiger partial charge on any atom is -0.165 e. The van der Waals surface area contributed by atoms with Crippen molar-refractivity contribution in [3.05, 3.63) is 35.9 Å². The van der Waals surface area contributed by atoms with Gasteiger partial charge in [-0.25, -0.2) is 0 Å². The Kier molecular flexibility index (Phi) is 5.78. The van der Waals surface area contributed by atoms with E-state index in [1.165, 1.54) is 30.6 Å². The van der Waals surface area contributed by atoms with Crippen LogP contribution in [0.25, 0.3) is 0 Å². The Hall–Kier alpha value is -0.430. The van der Waals surface area contributed by atoms with E-state index in [2.05, 4.69) is 64.3 Å². The molecule has 0 N–H and O–H groups in total. The van der Waals surface area contributed by atoms with Crippen molar-refractivity contribution in [2.24, 2.45) is 5.41 Å².